The molecule has 5 nitrogen and oxygen atoms in total. The van der Waals surface area contributed by atoms with Gasteiger partial charge in [0.2, 0.25) is 0 Å². The van der Waals surface area contributed by atoms with Gasteiger partial charge < -0.3 is 15.5 Å². The topological polar surface area (TPSA) is 75.1 Å². The summed E-state index contributed by atoms with van der Waals surface area (Å²) in [7, 11) is 0. The Kier molecular flexibility index (Phi) is 5.35. The second-order valence-corrected chi connectivity index (χ2v) is 4.80. The van der Waals surface area contributed by atoms with E-state index in [2.05, 4.69) is 9.72 Å². The summed E-state index contributed by atoms with van der Waals surface area (Å²) in [4.78, 5) is 15.6. The standard InChI is InChI=1S/C16H13F4N3O2/c1-2-25-15(24)10(8-21)14(16(18,19)20)23-13-7-12-9(6-11(13)17)4-3-5-22-12/h3-8,21,23H,2H2,1H3/b14-10+,21-8?. The number of halogens is 4. The molecule has 0 saturated carbocycles. The summed E-state index contributed by atoms with van der Waals surface area (Å²) >= 11 is 0. The van der Waals surface area contributed by atoms with Crippen molar-refractivity contribution in [3.63, 3.8) is 0 Å². The van der Waals surface area contributed by atoms with Gasteiger partial charge in [-0.05, 0) is 25.1 Å². The molecule has 0 atom stereocenters. The molecule has 2 aromatic rings. The third-order valence-electron chi connectivity index (χ3n) is 3.14. The minimum absolute atomic E-state index is 0.171. The smallest absolute Gasteiger partial charge is 0.432 e. The summed E-state index contributed by atoms with van der Waals surface area (Å²) in [5, 5.41) is 9.36. The first-order valence-electron chi connectivity index (χ1n) is 7.08. The van der Waals surface area contributed by atoms with Gasteiger partial charge in [0.15, 0.2) is 0 Å². The fourth-order valence-corrected chi connectivity index (χ4v) is 2.06. The van der Waals surface area contributed by atoms with Crippen molar-refractivity contribution < 1.29 is 27.1 Å². The van der Waals surface area contributed by atoms with Crippen LogP contribution in [0.3, 0.4) is 0 Å². The summed E-state index contributed by atoms with van der Waals surface area (Å²) in [5.41, 5.74) is -2.91. The molecule has 25 heavy (non-hydrogen) atoms. The van der Waals surface area contributed by atoms with Gasteiger partial charge >= 0.3 is 12.1 Å². The van der Waals surface area contributed by atoms with Crippen molar-refractivity contribution in [1.29, 1.82) is 5.41 Å². The SMILES string of the molecule is CCOC(=O)/C(C=N)=C(/Nc1cc2ncccc2cc1F)C(F)(F)F. The fraction of sp³-hybridized carbons (Fsp3) is 0.188. The minimum Gasteiger partial charge on any atom is -0.462 e. The van der Waals surface area contributed by atoms with Crippen LogP contribution in [0, 0.1) is 11.2 Å². The van der Waals surface area contributed by atoms with E-state index in [4.69, 9.17) is 5.41 Å². The van der Waals surface area contributed by atoms with E-state index in [9.17, 15) is 22.4 Å². The van der Waals surface area contributed by atoms with E-state index in [0.29, 0.717) is 5.39 Å². The average molecular weight is 355 g/mol. The van der Waals surface area contributed by atoms with Crippen molar-refractivity contribution >= 4 is 28.8 Å². The number of pyridine rings is 1. The van der Waals surface area contributed by atoms with Gasteiger partial charge in [0, 0.05) is 17.8 Å². The number of fused-ring (bicyclic) bond motifs is 1. The van der Waals surface area contributed by atoms with E-state index < -0.39 is 34.9 Å². The van der Waals surface area contributed by atoms with Gasteiger partial charge in [-0.3, -0.25) is 4.98 Å². The van der Waals surface area contributed by atoms with Gasteiger partial charge in [-0.1, -0.05) is 6.07 Å². The first kappa shape index (κ1) is 18.4. The van der Waals surface area contributed by atoms with Crippen molar-refractivity contribution in [2.75, 3.05) is 11.9 Å². The molecule has 0 aliphatic heterocycles. The van der Waals surface area contributed by atoms with Crippen LogP contribution in [0.4, 0.5) is 23.2 Å². The zero-order valence-electron chi connectivity index (χ0n) is 12.9. The Balaban J connectivity index is 2.56. The highest BCUT2D eigenvalue weighted by molar-refractivity contribution is 6.10. The lowest BCUT2D eigenvalue weighted by molar-refractivity contribution is -0.139. The molecule has 9 heteroatoms. The number of rotatable bonds is 5. The molecule has 1 heterocycles. The van der Waals surface area contributed by atoms with Gasteiger partial charge in [-0.15, -0.1) is 0 Å². The molecule has 0 amide bonds. The number of esters is 1. The third kappa shape index (κ3) is 4.11. The molecule has 1 aromatic carbocycles. The van der Waals surface area contributed by atoms with E-state index in [0.717, 1.165) is 12.1 Å². The molecule has 0 spiro atoms. The zero-order valence-corrected chi connectivity index (χ0v) is 12.9. The molecule has 0 aliphatic carbocycles. The van der Waals surface area contributed by atoms with Crippen LogP contribution in [0.5, 0.6) is 0 Å². The third-order valence-corrected chi connectivity index (χ3v) is 3.14. The molecule has 0 unspecified atom stereocenters. The number of nitrogens with one attached hydrogen (secondary N) is 2. The molecule has 0 fully saturated rings. The van der Waals surface area contributed by atoms with Gasteiger partial charge in [-0.25, -0.2) is 9.18 Å². The first-order chi connectivity index (χ1) is 11.8. The average Bonchev–Trinajstić information content (AvgIpc) is 2.54. The maximum absolute atomic E-state index is 14.1. The number of hydrogen-bond acceptors (Lipinski definition) is 5. The number of carbonyl (C=O) groups excluding carboxylic acids is 1. The quantitative estimate of drug-likeness (QED) is 0.370. The van der Waals surface area contributed by atoms with Crippen LogP contribution in [-0.2, 0) is 9.53 Å². The second-order valence-electron chi connectivity index (χ2n) is 4.80. The highest BCUT2D eigenvalue weighted by Crippen LogP contribution is 2.31. The first-order valence-corrected chi connectivity index (χ1v) is 7.08. The molecular weight excluding hydrogens is 342 g/mol. The molecule has 0 radical (unpaired) electrons. The van der Waals surface area contributed by atoms with Crippen LogP contribution in [0.25, 0.3) is 10.9 Å². The number of nitrogens with zero attached hydrogens (tertiary/aromatic N) is 1. The Morgan fingerprint density at radius 2 is 2.12 bits per heavy atom. The van der Waals surface area contributed by atoms with Crippen LogP contribution < -0.4 is 5.32 Å². The van der Waals surface area contributed by atoms with Crippen molar-refractivity contribution in [1.82, 2.24) is 4.98 Å². The van der Waals surface area contributed by atoms with Crippen LogP contribution in [0.2, 0.25) is 0 Å². The van der Waals surface area contributed by atoms with Gasteiger partial charge in [0.05, 0.1) is 17.8 Å². The zero-order chi connectivity index (χ0) is 18.6. The monoisotopic (exact) mass is 355 g/mol. The number of aromatic nitrogens is 1. The summed E-state index contributed by atoms with van der Waals surface area (Å²) in [5.74, 6) is -2.30. The number of ether oxygens (including phenoxy) is 1. The Morgan fingerprint density at radius 1 is 1.40 bits per heavy atom. The van der Waals surface area contributed by atoms with Gasteiger partial charge in [0.1, 0.15) is 17.1 Å². The summed E-state index contributed by atoms with van der Waals surface area (Å²) in [6.07, 6.45) is -3.41. The van der Waals surface area contributed by atoms with Crippen molar-refractivity contribution in [2.45, 2.75) is 13.1 Å². The Morgan fingerprint density at radius 3 is 2.72 bits per heavy atom. The largest absolute Gasteiger partial charge is 0.462 e. The summed E-state index contributed by atoms with van der Waals surface area (Å²) in [6, 6.07) is 5.22. The molecule has 132 valence electrons. The van der Waals surface area contributed by atoms with Crippen LogP contribution in [0.1, 0.15) is 6.92 Å². The van der Waals surface area contributed by atoms with E-state index in [1.165, 1.54) is 13.1 Å². The van der Waals surface area contributed by atoms with Crippen LogP contribution in [0.15, 0.2) is 41.7 Å². The lowest BCUT2D eigenvalue weighted by Gasteiger charge is -2.17. The van der Waals surface area contributed by atoms with E-state index in [1.54, 1.807) is 12.1 Å². The minimum atomic E-state index is -5.04. The maximum atomic E-state index is 14.1. The number of alkyl halides is 3. The molecule has 2 rings (SSSR count). The number of hydrogen-bond donors (Lipinski definition) is 2. The van der Waals surface area contributed by atoms with Crippen LogP contribution in [-0.4, -0.2) is 30.0 Å². The molecule has 1 aromatic heterocycles. The van der Waals surface area contributed by atoms with Gasteiger partial charge in [0.25, 0.3) is 0 Å². The lowest BCUT2D eigenvalue weighted by atomic mass is 10.1. The lowest BCUT2D eigenvalue weighted by Crippen LogP contribution is -2.26. The normalized spacial score (nSPS) is 12.5. The van der Waals surface area contributed by atoms with E-state index >= 15 is 0 Å². The predicted molar refractivity (Wildman–Crippen MR) is 83.8 cm³/mol. The van der Waals surface area contributed by atoms with E-state index in [-0.39, 0.29) is 18.3 Å². The maximum Gasteiger partial charge on any atom is 0.432 e. The van der Waals surface area contributed by atoms with Crippen molar-refractivity contribution in [2.24, 2.45) is 0 Å². The molecule has 2 N–H and O–H groups in total. The number of anilines is 1. The Bertz CT molecular complexity index is 847. The predicted octanol–water partition coefficient (Wildman–Crippen LogP) is 3.81. The molecule has 0 aliphatic rings. The Hall–Kier alpha value is -2.97. The highest BCUT2D eigenvalue weighted by atomic mass is 19.4. The number of benzene rings is 1. The summed E-state index contributed by atoms with van der Waals surface area (Å²) in [6.45, 7) is 1.24. The molecule has 0 saturated heterocycles. The van der Waals surface area contributed by atoms with Gasteiger partial charge in [-0.2, -0.15) is 13.2 Å². The van der Waals surface area contributed by atoms with Crippen molar-refractivity contribution in [3.05, 3.63) is 47.5 Å². The Labute approximate surface area is 139 Å². The summed E-state index contributed by atoms with van der Waals surface area (Å²) < 4.78 is 58.6. The van der Waals surface area contributed by atoms with Crippen LogP contribution >= 0.6 is 0 Å². The molecular formula is C16H13F4N3O2. The molecule has 0 bridgehead atoms. The highest BCUT2D eigenvalue weighted by Gasteiger charge is 2.39. The van der Waals surface area contributed by atoms with E-state index in [1.807, 2.05) is 5.32 Å². The van der Waals surface area contributed by atoms with Crippen molar-refractivity contribution in [3.8, 4) is 0 Å². The fourth-order valence-electron chi connectivity index (χ4n) is 2.06. The number of carbonyl (C=O) groups is 1. The second kappa shape index (κ2) is 7.29. The number of allylic oxidation sites excluding steroid dienone is 1.